The van der Waals surface area contributed by atoms with Gasteiger partial charge in [0.2, 0.25) is 5.91 Å². The minimum Gasteiger partial charge on any atom is -0.459 e. The van der Waals surface area contributed by atoms with Crippen molar-refractivity contribution in [2.75, 3.05) is 13.1 Å². The second kappa shape index (κ2) is 8.35. The zero-order valence-corrected chi connectivity index (χ0v) is 12.8. The molecule has 0 fully saturated rings. The lowest BCUT2D eigenvalue weighted by atomic mass is 10.2. The maximum atomic E-state index is 11.6. The van der Waals surface area contributed by atoms with E-state index < -0.39 is 6.10 Å². The highest BCUT2D eigenvalue weighted by atomic mass is 32.1. The molecule has 22 heavy (non-hydrogen) atoms. The van der Waals surface area contributed by atoms with E-state index in [1.54, 1.807) is 12.1 Å². The molecule has 0 bridgehead atoms. The molecule has 0 radical (unpaired) electrons. The largest absolute Gasteiger partial charge is 0.459 e. The van der Waals surface area contributed by atoms with E-state index in [2.05, 4.69) is 10.6 Å². The molecule has 0 saturated carbocycles. The van der Waals surface area contributed by atoms with Crippen LogP contribution in [0.15, 0.2) is 39.6 Å². The van der Waals surface area contributed by atoms with Crippen molar-refractivity contribution in [2.45, 2.75) is 18.9 Å². The molecule has 1 atom stereocenters. The summed E-state index contributed by atoms with van der Waals surface area (Å²) in [7, 11) is 0. The van der Waals surface area contributed by atoms with Crippen LogP contribution >= 0.6 is 11.3 Å². The van der Waals surface area contributed by atoms with E-state index >= 15 is 0 Å². The molecule has 7 heteroatoms. The number of rotatable bonds is 8. The fourth-order valence-corrected chi connectivity index (χ4v) is 2.53. The fraction of sp³-hybridized carbons (Fsp3) is 0.333. The highest BCUT2D eigenvalue weighted by Crippen LogP contribution is 2.15. The highest BCUT2D eigenvalue weighted by molar-refractivity contribution is 7.07. The molecule has 2 aromatic heterocycles. The monoisotopic (exact) mass is 322 g/mol. The lowest BCUT2D eigenvalue weighted by Crippen LogP contribution is -2.29. The van der Waals surface area contributed by atoms with Gasteiger partial charge in [-0.15, -0.1) is 0 Å². The van der Waals surface area contributed by atoms with Gasteiger partial charge in [-0.3, -0.25) is 9.59 Å². The van der Waals surface area contributed by atoms with E-state index in [-0.39, 0.29) is 30.5 Å². The summed E-state index contributed by atoms with van der Waals surface area (Å²) in [6, 6.07) is 5.04. The summed E-state index contributed by atoms with van der Waals surface area (Å²) in [5.74, 6) is -0.192. The van der Waals surface area contributed by atoms with Crippen LogP contribution in [-0.2, 0) is 4.79 Å². The summed E-state index contributed by atoms with van der Waals surface area (Å²) >= 11 is 1.50. The van der Waals surface area contributed by atoms with E-state index in [4.69, 9.17) is 4.42 Å². The Balaban J connectivity index is 1.57. The van der Waals surface area contributed by atoms with Crippen LogP contribution in [0.3, 0.4) is 0 Å². The van der Waals surface area contributed by atoms with Gasteiger partial charge < -0.3 is 20.2 Å². The molecule has 0 aliphatic rings. The van der Waals surface area contributed by atoms with Gasteiger partial charge in [-0.05, 0) is 40.9 Å². The Bertz CT molecular complexity index is 581. The Kier molecular flexibility index (Phi) is 6.17. The molecule has 2 amide bonds. The standard InChI is InChI=1S/C15H18N2O4S/c18-12(11-5-8-22-10-11)9-17-14(19)4-1-6-16-15(20)13-3-2-7-21-13/h2-3,5,7-8,10,12,18H,1,4,6,9H2,(H,16,20)(H,17,19). The average Bonchev–Trinajstić information content (AvgIpc) is 3.21. The van der Waals surface area contributed by atoms with Gasteiger partial charge in [0.05, 0.1) is 12.4 Å². The number of carbonyl (C=O) groups is 2. The molecule has 118 valence electrons. The van der Waals surface area contributed by atoms with Crippen molar-refractivity contribution >= 4 is 23.2 Å². The summed E-state index contributed by atoms with van der Waals surface area (Å²) < 4.78 is 4.96. The number of aliphatic hydroxyl groups is 1. The van der Waals surface area contributed by atoms with E-state index in [0.717, 1.165) is 5.56 Å². The van der Waals surface area contributed by atoms with E-state index in [9.17, 15) is 14.7 Å². The molecular formula is C15H18N2O4S. The first-order chi connectivity index (χ1) is 10.7. The molecule has 2 heterocycles. The zero-order valence-electron chi connectivity index (χ0n) is 12.0. The Morgan fingerprint density at radius 1 is 1.32 bits per heavy atom. The maximum Gasteiger partial charge on any atom is 0.286 e. The number of nitrogens with one attached hydrogen (secondary N) is 2. The smallest absolute Gasteiger partial charge is 0.286 e. The van der Waals surface area contributed by atoms with Crippen LogP contribution in [0.5, 0.6) is 0 Å². The lowest BCUT2D eigenvalue weighted by molar-refractivity contribution is -0.121. The van der Waals surface area contributed by atoms with Crippen LogP contribution < -0.4 is 10.6 Å². The van der Waals surface area contributed by atoms with E-state index in [1.807, 2.05) is 16.8 Å². The Morgan fingerprint density at radius 3 is 2.86 bits per heavy atom. The predicted molar refractivity (Wildman–Crippen MR) is 82.6 cm³/mol. The number of thiophene rings is 1. The maximum absolute atomic E-state index is 11.6. The van der Waals surface area contributed by atoms with Crippen LogP contribution in [-0.4, -0.2) is 30.0 Å². The third-order valence-corrected chi connectivity index (χ3v) is 3.73. The van der Waals surface area contributed by atoms with Crippen molar-refractivity contribution in [3.63, 3.8) is 0 Å². The molecular weight excluding hydrogens is 304 g/mol. The molecule has 0 spiro atoms. The summed E-state index contributed by atoms with van der Waals surface area (Å²) in [5.41, 5.74) is 0.802. The summed E-state index contributed by atoms with van der Waals surface area (Å²) in [6.07, 6.45) is 1.55. The molecule has 0 aromatic carbocycles. The summed E-state index contributed by atoms with van der Waals surface area (Å²) in [6.45, 7) is 0.578. The first-order valence-electron chi connectivity index (χ1n) is 6.95. The van der Waals surface area contributed by atoms with Crippen LogP contribution in [0.2, 0.25) is 0 Å². The zero-order chi connectivity index (χ0) is 15.8. The molecule has 0 aliphatic carbocycles. The minimum absolute atomic E-state index is 0.151. The SMILES string of the molecule is O=C(CCCNC(=O)c1ccco1)NCC(O)c1ccsc1. The third-order valence-electron chi connectivity index (χ3n) is 3.03. The van der Waals surface area contributed by atoms with Gasteiger partial charge in [0.15, 0.2) is 5.76 Å². The first kappa shape index (κ1) is 16.3. The molecule has 0 saturated heterocycles. The molecule has 2 rings (SSSR count). The number of aliphatic hydroxyl groups excluding tert-OH is 1. The minimum atomic E-state index is -0.686. The van der Waals surface area contributed by atoms with Crippen molar-refractivity contribution in [3.8, 4) is 0 Å². The number of furan rings is 1. The fourth-order valence-electron chi connectivity index (χ4n) is 1.83. The number of carbonyl (C=O) groups excluding carboxylic acids is 2. The van der Waals surface area contributed by atoms with Gasteiger partial charge in [-0.2, -0.15) is 11.3 Å². The van der Waals surface area contributed by atoms with Crippen LogP contribution in [0.1, 0.15) is 35.1 Å². The quantitative estimate of drug-likeness (QED) is 0.645. The lowest BCUT2D eigenvalue weighted by Gasteiger charge is -2.10. The van der Waals surface area contributed by atoms with Crippen LogP contribution in [0.25, 0.3) is 0 Å². The first-order valence-corrected chi connectivity index (χ1v) is 7.89. The Morgan fingerprint density at radius 2 is 2.18 bits per heavy atom. The van der Waals surface area contributed by atoms with Gasteiger partial charge in [0, 0.05) is 19.5 Å². The van der Waals surface area contributed by atoms with Gasteiger partial charge in [-0.1, -0.05) is 0 Å². The number of hydrogen-bond donors (Lipinski definition) is 3. The molecule has 1 unspecified atom stereocenters. The topological polar surface area (TPSA) is 91.6 Å². The molecule has 6 nitrogen and oxygen atoms in total. The average molecular weight is 322 g/mol. The Hall–Kier alpha value is -2.12. The van der Waals surface area contributed by atoms with Gasteiger partial charge in [-0.25, -0.2) is 0 Å². The van der Waals surface area contributed by atoms with Crippen LogP contribution in [0.4, 0.5) is 0 Å². The van der Waals surface area contributed by atoms with Crippen molar-refractivity contribution in [2.24, 2.45) is 0 Å². The molecule has 3 N–H and O–H groups in total. The van der Waals surface area contributed by atoms with Gasteiger partial charge in [0.25, 0.3) is 5.91 Å². The highest BCUT2D eigenvalue weighted by Gasteiger charge is 2.10. The van der Waals surface area contributed by atoms with Gasteiger partial charge >= 0.3 is 0 Å². The number of hydrogen-bond acceptors (Lipinski definition) is 5. The molecule has 2 aromatic rings. The summed E-state index contributed by atoms with van der Waals surface area (Å²) in [4.78, 5) is 23.2. The normalized spacial score (nSPS) is 11.9. The van der Waals surface area contributed by atoms with Crippen molar-refractivity contribution in [3.05, 3.63) is 46.5 Å². The van der Waals surface area contributed by atoms with Crippen molar-refractivity contribution in [1.29, 1.82) is 0 Å². The summed E-state index contributed by atoms with van der Waals surface area (Å²) in [5, 5.41) is 18.9. The third kappa shape index (κ3) is 5.01. The second-order valence-corrected chi connectivity index (χ2v) is 5.49. The van der Waals surface area contributed by atoms with E-state index in [0.29, 0.717) is 13.0 Å². The van der Waals surface area contributed by atoms with Crippen molar-refractivity contribution < 1.29 is 19.1 Å². The van der Waals surface area contributed by atoms with Crippen LogP contribution in [0, 0.1) is 0 Å². The van der Waals surface area contributed by atoms with Crippen molar-refractivity contribution in [1.82, 2.24) is 10.6 Å². The van der Waals surface area contributed by atoms with Gasteiger partial charge in [0.1, 0.15) is 0 Å². The Labute approximate surface area is 132 Å². The number of amides is 2. The molecule has 0 aliphatic heterocycles. The predicted octanol–water partition coefficient (Wildman–Crippen LogP) is 1.70. The van der Waals surface area contributed by atoms with E-state index in [1.165, 1.54) is 17.6 Å². The second-order valence-electron chi connectivity index (χ2n) is 4.71.